The molecule has 0 aliphatic heterocycles. The van der Waals surface area contributed by atoms with E-state index in [1.807, 2.05) is 6.92 Å². The van der Waals surface area contributed by atoms with Crippen molar-refractivity contribution in [3.8, 4) is 0 Å². The Labute approximate surface area is 158 Å². The summed E-state index contributed by atoms with van der Waals surface area (Å²) in [5, 5.41) is 0.501. The van der Waals surface area contributed by atoms with Crippen LogP contribution < -0.4 is 11.2 Å². The van der Waals surface area contributed by atoms with Crippen LogP contribution in [0.3, 0.4) is 0 Å². The third kappa shape index (κ3) is 3.46. The van der Waals surface area contributed by atoms with Gasteiger partial charge in [-0.15, -0.1) is 0 Å². The normalized spacial score (nSPS) is 11.3. The maximum Gasteiger partial charge on any atom is 0.332 e. The Morgan fingerprint density at radius 2 is 1.81 bits per heavy atom. The minimum atomic E-state index is -0.451. The Kier molecular flexibility index (Phi) is 5.31. The van der Waals surface area contributed by atoms with E-state index in [0.717, 1.165) is 11.0 Å². The van der Waals surface area contributed by atoms with Crippen LogP contribution in [-0.4, -0.2) is 30.2 Å². The van der Waals surface area contributed by atoms with Gasteiger partial charge in [-0.05, 0) is 30.7 Å². The number of thioether (sulfide) groups is 1. The molecule has 0 aliphatic carbocycles. The summed E-state index contributed by atoms with van der Waals surface area (Å²) in [6.45, 7) is 2.51. The average molecular weight is 390 g/mol. The number of hydrogen-bond donors (Lipinski definition) is 0. The molecule has 0 spiro atoms. The molecule has 3 aromatic rings. The Balaban J connectivity index is 2.00. The molecule has 0 radical (unpaired) electrons. The first-order valence-electron chi connectivity index (χ1n) is 8.43. The van der Waals surface area contributed by atoms with E-state index in [4.69, 9.17) is 0 Å². The number of fused-ring (bicyclic) bond motifs is 1. The molecule has 0 atom stereocenters. The lowest BCUT2D eigenvalue weighted by atomic mass is 10.1. The van der Waals surface area contributed by atoms with Crippen molar-refractivity contribution in [2.24, 2.45) is 14.1 Å². The van der Waals surface area contributed by atoms with Crippen LogP contribution in [0.15, 0.2) is 39.0 Å². The predicted molar refractivity (Wildman–Crippen MR) is 102 cm³/mol. The van der Waals surface area contributed by atoms with E-state index in [9.17, 15) is 18.8 Å². The number of Topliss-reactive ketones (excluding diaryl/α,β-unsaturated/α-hetero) is 1. The number of halogens is 1. The predicted octanol–water partition coefficient (Wildman–Crippen LogP) is 1.96. The van der Waals surface area contributed by atoms with E-state index in [1.165, 1.54) is 47.6 Å². The maximum atomic E-state index is 13.0. The summed E-state index contributed by atoms with van der Waals surface area (Å²) in [4.78, 5) is 41.5. The van der Waals surface area contributed by atoms with Gasteiger partial charge in [0, 0.05) is 26.2 Å². The molecule has 0 amide bonds. The number of benzene rings is 1. The molecule has 9 heteroatoms. The number of rotatable bonds is 6. The number of carbonyl (C=O) groups excluding carboxylic acids is 1. The van der Waals surface area contributed by atoms with Gasteiger partial charge in [0.15, 0.2) is 22.1 Å². The van der Waals surface area contributed by atoms with Crippen molar-refractivity contribution in [3.05, 3.63) is 56.5 Å². The van der Waals surface area contributed by atoms with Gasteiger partial charge in [0.05, 0.1) is 5.75 Å². The highest BCUT2D eigenvalue weighted by atomic mass is 32.2. The van der Waals surface area contributed by atoms with E-state index in [-0.39, 0.29) is 11.5 Å². The fraction of sp³-hybridized carbons (Fsp3) is 0.333. The standard InChI is InChI=1S/C18H19FN4O3S/c1-4-9-23-14-15(21(2)18(26)22(3)16(14)25)20-17(23)27-10-13(24)11-5-7-12(19)8-6-11/h5-8H,4,9-10H2,1-3H3. The Morgan fingerprint density at radius 3 is 2.44 bits per heavy atom. The summed E-state index contributed by atoms with van der Waals surface area (Å²) in [6, 6.07) is 5.35. The molecule has 0 aliphatic rings. The quantitative estimate of drug-likeness (QED) is 0.475. The maximum absolute atomic E-state index is 13.0. The van der Waals surface area contributed by atoms with Crippen molar-refractivity contribution < 1.29 is 9.18 Å². The molecule has 142 valence electrons. The minimum absolute atomic E-state index is 0.0902. The molecule has 0 saturated heterocycles. The van der Waals surface area contributed by atoms with Gasteiger partial charge < -0.3 is 4.57 Å². The second-order valence-electron chi connectivity index (χ2n) is 6.14. The van der Waals surface area contributed by atoms with Crippen molar-refractivity contribution >= 4 is 28.7 Å². The summed E-state index contributed by atoms with van der Waals surface area (Å²) in [5.74, 6) is -0.481. The summed E-state index contributed by atoms with van der Waals surface area (Å²) in [5.41, 5.74) is 0.190. The largest absolute Gasteiger partial charge is 0.332 e. The number of carbonyl (C=O) groups is 1. The molecule has 1 aromatic carbocycles. The number of imidazole rings is 1. The van der Waals surface area contributed by atoms with Gasteiger partial charge in [0.25, 0.3) is 5.56 Å². The first kappa shape index (κ1) is 19.1. The van der Waals surface area contributed by atoms with Crippen molar-refractivity contribution in [2.45, 2.75) is 25.0 Å². The summed E-state index contributed by atoms with van der Waals surface area (Å²) in [7, 11) is 2.99. The molecule has 7 nitrogen and oxygen atoms in total. The van der Waals surface area contributed by atoms with Gasteiger partial charge in [-0.2, -0.15) is 0 Å². The van der Waals surface area contributed by atoms with Crippen LogP contribution in [0.1, 0.15) is 23.7 Å². The lowest BCUT2D eigenvalue weighted by Crippen LogP contribution is -2.37. The van der Waals surface area contributed by atoms with Crippen LogP contribution >= 0.6 is 11.8 Å². The lowest BCUT2D eigenvalue weighted by Gasteiger charge is -2.07. The smallest absolute Gasteiger partial charge is 0.313 e. The van der Waals surface area contributed by atoms with Gasteiger partial charge in [0.1, 0.15) is 5.82 Å². The first-order valence-corrected chi connectivity index (χ1v) is 9.41. The van der Waals surface area contributed by atoms with Gasteiger partial charge in [0.2, 0.25) is 0 Å². The van der Waals surface area contributed by atoms with Crippen molar-refractivity contribution in [2.75, 3.05) is 5.75 Å². The number of aromatic nitrogens is 4. The second kappa shape index (κ2) is 7.51. The van der Waals surface area contributed by atoms with Crippen molar-refractivity contribution in [1.29, 1.82) is 0 Å². The number of nitrogens with zero attached hydrogens (tertiary/aromatic N) is 4. The molecule has 2 aromatic heterocycles. The highest BCUT2D eigenvalue weighted by Crippen LogP contribution is 2.23. The van der Waals surface area contributed by atoms with E-state index in [2.05, 4.69) is 4.98 Å². The fourth-order valence-electron chi connectivity index (χ4n) is 2.82. The third-order valence-corrected chi connectivity index (χ3v) is 5.24. The summed E-state index contributed by atoms with van der Waals surface area (Å²) in [6.07, 6.45) is 0.761. The zero-order valence-electron chi connectivity index (χ0n) is 15.2. The van der Waals surface area contributed by atoms with Crippen LogP contribution in [0.4, 0.5) is 4.39 Å². The molecule has 2 heterocycles. The molecule has 0 N–H and O–H groups in total. The van der Waals surface area contributed by atoms with E-state index < -0.39 is 17.1 Å². The summed E-state index contributed by atoms with van der Waals surface area (Å²) >= 11 is 1.19. The van der Waals surface area contributed by atoms with Crippen LogP contribution in [-0.2, 0) is 20.6 Å². The monoisotopic (exact) mass is 390 g/mol. The second-order valence-corrected chi connectivity index (χ2v) is 7.09. The molecule has 0 fully saturated rings. The molecule has 3 rings (SSSR count). The SMILES string of the molecule is CCCn1c(SCC(=O)c2ccc(F)cc2)nc2c1c(=O)n(C)c(=O)n2C. The highest BCUT2D eigenvalue weighted by molar-refractivity contribution is 7.99. The minimum Gasteiger partial charge on any atom is -0.313 e. The van der Waals surface area contributed by atoms with Crippen molar-refractivity contribution in [1.82, 2.24) is 18.7 Å². The Morgan fingerprint density at radius 1 is 1.15 bits per heavy atom. The van der Waals surface area contributed by atoms with Gasteiger partial charge in [-0.1, -0.05) is 18.7 Å². The number of hydrogen-bond acceptors (Lipinski definition) is 5. The summed E-state index contributed by atoms with van der Waals surface area (Å²) < 4.78 is 17.1. The van der Waals surface area contributed by atoms with Gasteiger partial charge in [-0.3, -0.25) is 18.7 Å². The average Bonchev–Trinajstić information content (AvgIpc) is 3.02. The van der Waals surface area contributed by atoms with Gasteiger partial charge >= 0.3 is 5.69 Å². The first-order chi connectivity index (χ1) is 12.8. The molecular formula is C18H19FN4O3S. The van der Waals surface area contributed by atoms with E-state index >= 15 is 0 Å². The number of ketones is 1. The van der Waals surface area contributed by atoms with Crippen LogP contribution in [0.5, 0.6) is 0 Å². The zero-order valence-corrected chi connectivity index (χ0v) is 16.0. The van der Waals surface area contributed by atoms with Crippen LogP contribution in [0.2, 0.25) is 0 Å². The van der Waals surface area contributed by atoms with Crippen molar-refractivity contribution in [3.63, 3.8) is 0 Å². The lowest BCUT2D eigenvalue weighted by molar-refractivity contribution is 0.102. The zero-order chi connectivity index (χ0) is 19.7. The van der Waals surface area contributed by atoms with Crippen LogP contribution in [0.25, 0.3) is 11.2 Å². The van der Waals surface area contributed by atoms with Gasteiger partial charge in [-0.25, -0.2) is 14.2 Å². The van der Waals surface area contributed by atoms with E-state index in [1.54, 1.807) is 11.6 Å². The third-order valence-electron chi connectivity index (χ3n) is 4.26. The molecule has 0 unspecified atom stereocenters. The highest BCUT2D eigenvalue weighted by Gasteiger charge is 2.20. The topological polar surface area (TPSA) is 78.9 Å². The number of aryl methyl sites for hydroxylation is 2. The Hall–Kier alpha value is -2.68. The van der Waals surface area contributed by atoms with E-state index in [0.29, 0.717) is 28.4 Å². The molecule has 27 heavy (non-hydrogen) atoms. The molecular weight excluding hydrogens is 371 g/mol. The molecule has 0 bridgehead atoms. The molecule has 0 saturated carbocycles. The Bertz CT molecular complexity index is 1130. The fourth-order valence-corrected chi connectivity index (χ4v) is 3.73. The van der Waals surface area contributed by atoms with Crippen LogP contribution in [0, 0.1) is 5.82 Å².